The number of H-pyrrole nitrogens is 1. The first-order chi connectivity index (χ1) is 12.0. The Labute approximate surface area is 145 Å². The van der Waals surface area contributed by atoms with Gasteiger partial charge in [0.1, 0.15) is 4.83 Å². The minimum absolute atomic E-state index is 0.0371. The summed E-state index contributed by atoms with van der Waals surface area (Å²) in [6, 6.07) is 5.25. The molecule has 0 aliphatic heterocycles. The second-order valence-corrected chi connectivity index (χ2v) is 7.02. The van der Waals surface area contributed by atoms with Gasteiger partial charge in [0.25, 0.3) is 11.2 Å². The molecule has 1 aliphatic carbocycles. The first-order valence-corrected chi connectivity index (χ1v) is 8.70. The summed E-state index contributed by atoms with van der Waals surface area (Å²) in [6.07, 6.45) is 3.98. The van der Waals surface area contributed by atoms with Crippen molar-refractivity contribution in [2.45, 2.75) is 25.7 Å². The number of fused-ring (bicyclic) bond motifs is 3. The molecule has 0 atom stereocenters. The number of hydrogen-bond acceptors (Lipinski definition) is 6. The van der Waals surface area contributed by atoms with E-state index in [0.29, 0.717) is 10.2 Å². The molecule has 0 saturated carbocycles. The molecule has 0 spiro atoms. The van der Waals surface area contributed by atoms with E-state index in [2.05, 4.69) is 9.97 Å². The van der Waals surface area contributed by atoms with Crippen LogP contribution in [-0.4, -0.2) is 20.7 Å². The number of aromatic nitrogens is 2. The lowest BCUT2D eigenvalue weighted by atomic mass is 9.97. The van der Waals surface area contributed by atoms with Crippen molar-refractivity contribution < 1.29 is 9.72 Å². The van der Waals surface area contributed by atoms with Crippen LogP contribution in [0.15, 0.2) is 29.1 Å². The maximum absolute atomic E-state index is 12.6. The zero-order valence-electron chi connectivity index (χ0n) is 13.1. The Bertz CT molecular complexity index is 1070. The third-order valence-corrected chi connectivity index (χ3v) is 5.57. The fourth-order valence-electron chi connectivity index (χ4n) is 3.14. The topological polar surface area (TPSA) is 106 Å². The molecule has 0 fully saturated rings. The van der Waals surface area contributed by atoms with Gasteiger partial charge in [0, 0.05) is 22.6 Å². The molecule has 0 amide bonds. The van der Waals surface area contributed by atoms with Gasteiger partial charge < -0.3 is 4.98 Å². The highest BCUT2D eigenvalue weighted by Gasteiger charge is 2.22. The lowest BCUT2D eigenvalue weighted by Crippen LogP contribution is -2.17. The molecule has 4 rings (SSSR count). The minimum atomic E-state index is -0.531. The molecule has 1 aromatic carbocycles. The number of thiophene rings is 1. The van der Waals surface area contributed by atoms with Gasteiger partial charge in [-0.1, -0.05) is 0 Å². The van der Waals surface area contributed by atoms with E-state index in [1.165, 1.54) is 40.5 Å². The predicted molar refractivity (Wildman–Crippen MR) is 93.4 cm³/mol. The van der Waals surface area contributed by atoms with Gasteiger partial charge in [0.05, 0.1) is 10.3 Å². The third kappa shape index (κ3) is 2.64. The molecule has 0 radical (unpaired) electrons. The second kappa shape index (κ2) is 5.89. The molecule has 2 aromatic heterocycles. The number of rotatable bonds is 3. The normalized spacial score (nSPS) is 13.6. The largest absolute Gasteiger partial charge is 0.303 e. The summed E-state index contributed by atoms with van der Waals surface area (Å²) in [5, 5.41) is 11.3. The van der Waals surface area contributed by atoms with E-state index < -0.39 is 10.7 Å². The van der Waals surface area contributed by atoms with E-state index >= 15 is 0 Å². The number of nitrogens with one attached hydrogen (secondary N) is 1. The van der Waals surface area contributed by atoms with Crippen LogP contribution in [-0.2, 0) is 12.8 Å². The van der Waals surface area contributed by atoms with Crippen LogP contribution in [0.5, 0.6) is 0 Å². The standard InChI is InChI=1S/C17H13N3O4S/c21-14(9-5-7-10(8-6-9)20(23)24)15-18-16(22)13-11-3-1-2-4-12(11)25-17(13)19-15/h5-8H,1-4H2,(H,18,19,22). The fraction of sp³-hybridized carbons (Fsp3) is 0.235. The summed E-state index contributed by atoms with van der Waals surface area (Å²) < 4.78 is 0. The van der Waals surface area contributed by atoms with Crippen LogP contribution in [0, 0.1) is 10.1 Å². The van der Waals surface area contributed by atoms with Crippen molar-refractivity contribution in [1.29, 1.82) is 0 Å². The molecule has 2 heterocycles. The van der Waals surface area contributed by atoms with Gasteiger partial charge in [-0.25, -0.2) is 4.98 Å². The zero-order chi connectivity index (χ0) is 17.6. The average molecular weight is 355 g/mol. The van der Waals surface area contributed by atoms with E-state index in [-0.39, 0.29) is 22.6 Å². The van der Waals surface area contributed by atoms with E-state index in [9.17, 15) is 19.7 Å². The van der Waals surface area contributed by atoms with E-state index in [0.717, 1.165) is 31.2 Å². The van der Waals surface area contributed by atoms with E-state index in [4.69, 9.17) is 0 Å². The summed E-state index contributed by atoms with van der Waals surface area (Å²) in [6.45, 7) is 0. The van der Waals surface area contributed by atoms with Crippen molar-refractivity contribution in [2.24, 2.45) is 0 Å². The van der Waals surface area contributed by atoms with Crippen LogP contribution < -0.4 is 5.56 Å². The van der Waals surface area contributed by atoms with Crippen molar-refractivity contribution in [3.63, 3.8) is 0 Å². The van der Waals surface area contributed by atoms with Crippen molar-refractivity contribution >= 4 is 33.0 Å². The van der Waals surface area contributed by atoms with Crippen LogP contribution in [0.2, 0.25) is 0 Å². The molecule has 1 N–H and O–H groups in total. The molecular formula is C17H13N3O4S. The highest BCUT2D eigenvalue weighted by molar-refractivity contribution is 7.18. The summed E-state index contributed by atoms with van der Waals surface area (Å²) >= 11 is 1.47. The van der Waals surface area contributed by atoms with Crippen molar-refractivity contribution in [1.82, 2.24) is 9.97 Å². The zero-order valence-corrected chi connectivity index (χ0v) is 13.9. The van der Waals surface area contributed by atoms with Crippen molar-refractivity contribution in [2.75, 3.05) is 0 Å². The van der Waals surface area contributed by atoms with Gasteiger partial charge in [-0.15, -0.1) is 11.3 Å². The number of non-ortho nitro benzene ring substituents is 1. The molecule has 0 unspecified atom stereocenters. The molecule has 8 heteroatoms. The Morgan fingerprint density at radius 2 is 1.92 bits per heavy atom. The summed E-state index contributed by atoms with van der Waals surface area (Å²) in [4.78, 5) is 43.9. The van der Waals surface area contributed by atoms with Crippen molar-refractivity contribution in [3.8, 4) is 0 Å². The van der Waals surface area contributed by atoms with Crippen LogP contribution in [0.1, 0.15) is 39.5 Å². The molecule has 0 bridgehead atoms. The first-order valence-electron chi connectivity index (χ1n) is 7.88. The predicted octanol–water partition coefficient (Wildman–Crippen LogP) is 3.00. The summed E-state index contributed by atoms with van der Waals surface area (Å²) in [5.41, 5.74) is 0.915. The van der Waals surface area contributed by atoms with Gasteiger partial charge in [0.15, 0.2) is 5.82 Å². The van der Waals surface area contributed by atoms with Gasteiger partial charge >= 0.3 is 0 Å². The average Bonchev–Trinajstić information content (AvgIpc) is 3.00. The maximum Gasteiger partial charge on any atom is 0.269 e. The van der Waals surface area contributed by atoms with Gasteiger partial charge in [-0.05, 0) is 43.4 Å². The number of aromatic amines is 1. The lowest BCUT2D eigenvalue weighted by molar-refractivity contribution is -0.384. The third-order valence-electron chi connectivity index (χ3n) is 4.38. The Morgan fingerprint density at radius 3 is 2.64 bits per heavy atom. The molecular weight excluding hydrogens is 342 g/mol. The number of carbonyl (C=O) groups is 1. The highest BCUT2D eigenvalue weighted by atomic mass is 32.1. The fourth-order valence-corrected chi connectivity index (χ4v) is 4.40. The molecule has 126 valence electrons. The number of nitrogens with zero attached hydrogens (tertiary/aromatic N) is 2. The minimum Gasteiger partial charge on any atom is -0.303 e. The van der Waals surface area contributed by atoms with Gasteiger partial charge in [-0.3, -0.25) is 19.7 Å². The van der Waals surface area contributed by atoms with Crippen LogP contribution in [0.25, 0.3) is 10.2 Å². The molecule has 7 nitrogen and oxygen atoms in total. The Balaban J connectivity index is 1.77. The number of carbonyl (C=O) groups excluding carboxylic acids is 1. The quantitative estimate of drug-likeness (QED) is 0.442. The van der Waals surface area contributed by atoms with Crippen LogP contribution >= 0.6 is 11.3 Å². The van der Waals surface area contributed by atoms with Crippen molar-refractivity contribution in [3.05, 3.63) is 66.6 Å². The number of aryl methyl sites for hydroxylation is 2. The maximum atomic E-state index is 12.6. The Kier molecular flexibility index (Phi) is 3.69. The highest BCUT2D eigenvalue weighted by Crippen LogP contribution is 2.33. The first kappa shape index (κ1) is 15.6. The summed E-state index contributed by atoms with van der Waals surface area (Å²) in [7, 11) is 0. The SMILES string of the molecule is O=C(c1ccc([N+](=O)[O-])cc1)c1nc2sc3c(c2c(=O)[nH]1)CCCC3. The number of ketones is 1. The number of nitro benzene ring substituents is 1. The van der Waals surface area contributed by atoms with Crippen LogP contribution in [0.4, 0.5) is 5.69 Å². The Hall–Kier alpha value is -2.87. The number of nitro groups is 1. The summed E-state index contributed by atoms with van der Waals surface area (Å²) in [5.74, 6) is -0.495. The van der Waals surface area contributed by atoms with Gasteiger partial charge in [0.2, 0.25) is 5.78 Å². The number of benzene rings is 1. The number of hydrogen-bond donors (Lipinski definition) is 1. The van der Waals surface area contributed by atoms with Crippen LogP contribution in [0.3, 0.4) is 0 Å². The second-order valence-electron chi connectivity index (χ2n) is 5.94. The molecule has 3 aromatic rings. The Morgan fingerprint density at radius 1 is 1.20 bits per heavy atom. The van der Waals surface area contributed by atoms with E-state index in [1.807, 2.05) is 0 Å². The lowest BCUT2D eigenvalue weighted by Gasteiger charge is -2.09. The van der Waals surface area contributed by atoms with Gasteiger partial charge in [-0.2, -0.15) is 0 Å². The molecule has 0 saturated heterocycles. The van der Waals surface area contributed by atoms with E-state index in [1.54, 1.807) is 0 Å². The molecule has 25 heavy (non-hydrogen) atoms. The smallest absolute Gasteiger partial charge is 0.269 e. The monoisotopic (exact) mass is 355 g/mol. The molecule has 1 aliphatic rings.